The number of nitrogens with zero attached hydrogens (tertiary/aromatic N) is 5. The Bertz CT molecular complexity index is 919. The Morgan fingerprint density at radius 1 is 0.929 bits per heavy atom. The zero-order valence-corrected chi connectivity index (χ0v) is 16.5. The average Bonchev–Trinajstić information content (AvgIpc) is 2.73. The molecule has 28 heavy (non-hydrogen) atoms. The number of anilines is 3. The minimum absolute atomic E-state index is 0.665. The summed E-state index contributed by atoms with van der Waals surface area (Å²) >= 11 is 0. The number of benzene rings is 1. The van der Waals surface area contributed by atoms with Gasteiger partial charge in [-0.25, -0.2) is 4.98 Å². The van der Waals surface area contributed by atoms with E-state index in [0.717, 1.165) is 43.3 Å². The van der Waals surface area contributed by atoms with Crippen LogP contribution in [0.2, 0.25) is 0 Å². The van der Waals surface area contributed by atoms with Gasteiger partial charge < -0.3 is 15.1 Å². The highest BCUT2D eigenvalue weighted by Gasteiger charge is 2.19. The van der Waals surface area contributed by atoms with Crippen molar-refractivity contribution in [3.8, 4) is 0 Å². The molecule has 6 nitrogen and oxygen atoms in total. The summed E-state index contributed by atoms with van der Waals surface area (Å²) in [7, 11) is 0. The van der Waals surface area contributed by atoms with Gasteiger partial charge in [-0.1, -0.05) is 18.2 Å². The average molecular weight is 374 g/mol. The molecule has 2 aromatic heterocycles. The van der Waals surface area contributed by atoms with E-state index in [-0.39, 0.29) is 0 Å². The number of aromatic nitrogens is 3. The van der Waals surface area contributed by atoms with Crippen LogP contribution in [0.25, 0.3) is 0 Å². The van der Waals surface area contributed by atoms with Crippen LogP contribution in [0.15, 0.2) is 54.9 Å². The van der Waals surface area contributed by atoms with Gasteiger partial charge in [0, 0.05) is 62.6 Å². The number of piperazine rings is 1. The molecule has 1 saturated heterocycles. The Morgan fingerprint density at radius 3 is 2.50 bits per heavy atom. The van der Waals surface area contributed by atoms with Crippen molar-refractivity contribution in [3.05, 3.63) is 71.7 Å². The molecule has 1 aliphatic heterocycles. The highest BCUT2D eigenvalue weighted by molar-refractivity contribution is 5.52. The number of nitrogens with one attached hydrogen (secondary N) is 1. The second kappa shape index (κ2) is 8.25. The largest absolute Gasteiger partial charge is 0.368 e. The number of hydrogen-bond donors (Lipinski definition) is 1. The molecule has 1 aromatic carbocycles. The smallest absolute Gasteiger partial charge is 0.225 e. The van der Waals surface area contributed by atoms with E-state index in [0.29, 0.717) is 12.5 Å². The zero-order chi connectivity index (χ0) is 19.3. The first-order chi connectivity index (χ1) is 13.7. The van der Waals surface area contributed by atoms with E-state index >= 15 is 0 Å². The van der Waals surface area contributed by atoms with E-state index in [2.05, 4.69) is 62.3 Å². The van der Waals surface area contributed by atoms with Crippen molar-refractivity contribution in [2.75, 3.05) is 41.3 Å². The van der Waals surface area contributed by atoms with Crippen LogP contribution in [-0.2, 0) is 6.54 Å². The quantitative estimate of drug-likeness (QED) is 0.738. The zero-order valence-electron chi connectivity index (χ0n) is 16.5. The van der Waals surface area contributed by atoms with Gasteiger partial charge in [-0.2, -0.15) is 4.98 Å². The van der Waals surface area contributed by atoms with E-state index in [1.54, 1.807) is 6.20 Å². The summed E-state index contributed by atoms with van der Waals surface area (Å²) in [5, 5.41) is 3.32. The topological polar surface area (TPSA) is 57.2 Å². The van der Waals surface area contributed by atoms with Gasteiger partial charge in [0.15, 0.2) is 0 Å². The molecule has 1 fully saturated rings. The molecule has 1 aliphatic rings. The van der Waals surface area contributed by atoms with Crippen LogP contribution >= 0.6 is 0 Å². The Morgan fingerprint density at radius 2 is 1.75 bits per heavy atom. The lowest BCUT2D eigenvalue weighted by Crippen LogP contribution is -2.47. The van der Waals surface area contributed by atoms with E-state index < -0.39 is 0 Å². The van der Waals surface area contributed by atoms with E-state index in [4.69, 9.17) is 4.98 Å². The molecule has 0 spiro atoms. The Kier molecular flexibility index (Phi) is 5.37. The minimum atomic E-state index is 0.665. The van der Waals surface area contributed by atoms with Gasteiger partial charge in [-0.05, 0) is 43.2 Å². The van der Waals surface area contributed by atoms with Crippen molar-refractivity contribution in [1.29, 1.82) is 0 Å². The number of rotatable bonds is 5. The van der Waals surface area contributed by atoms with Crippen molar-refractivity contribution in [2.24, 2.45) is 0 Å². The summed E-state index contributed by atoms with van der Waals surface area (Å²) in [6.45, 7) is 8.71. The first kappa shape index (κ1) is 18.2. The molecule has 0 unspecified atom stereocenters. The van der Waals surface area contributed by atoms with Crippen molar-refractivity contribution < 1.29 is 0 Å². The van der Waals surface area contributed by atoms with Gasteiger partial charge in [0.25, 0.3) is 0 Å². The van der Waals surface area contributed by atoms with Gasteiger partial charge in [-0.15, -0.1) is 0 Å². The van der Waals surface area contributed by atoms with Crippen molar-refractivity contribution in [1.82, 2.24) is 15.0 Å². The van der Waals surface area contributed by atoms with E-state index in [1.165, 1.54) is 11.3 Å². The number of hydrogen-bond acceptors (Lipinski definition) is 6. The molecular formula is C22H26N6. The summed E-state index contributed by atoms with van der Waals surface area (Å²) in [5.74, 6) is 1.66. The van der Waals surface area contributed by atoms with Crippen molar-refractivity contribution >= 4 is 17.5 Å². The first-order valence-electron chi connectivity index (χ1n) is 9.72. The van der Waals surface area contributed by atoms with Crippen LogP contribution < -0.4 is 15.1 Å². The van der Waals surface area contributed by atoms with Crippen LogP contribution in [0.5, 0.6) is 0 Å². The third kappa shape index (κ3) is 4.39. The number of pyridine rings is 1. The van der Waals surface area contributed by atoms with Gasteiger partial charge in [0.1, 0.15) is 5.82 Å². The first-order valence-corrected chi connectivity index (χ1v) is 9.72. The minimum Gasteiger partial charge on any atom is -0.368 e. The molecule has 6 heteroatoms. The lowest BCUT2D eigenvalue weighted by molar-refractivity contribution is 0.646. The van der Waals surface area contributed by atoms with Crippen LogP contribution in [-0.4, -0.2) is 41.1 Å². The van der Waals surface area contributed by atoms with Crippen LogP contribution in [0.3, 0.4) is 0 Å². The maximum atomic E-state index is 4.75. The molecule has 0 saturated carbocycles. The van der Waals surface area contributed by atoms with E-state index in [9.17, 15) is 0 Å². The summed E-state index contributed by atoms with van der Waals surface area (Å²) in [5.41, 5.74) is 4.69. The van der Waals surface area contributed by atoms with Gasteiger partial charge in [0.05, 0.1) is 0 Å². The van der Waals surface area contributed by atoms with Crippen LogP contribution in [0.1, 0.15) is 16.8 Å². The lowest BCUT2D eigenvalue weighted by atomic mass is 10.2. The molecular weight excluding hydrogens is 348 g/mol. The summed E-state index contributed by atoms with van der Waals surface area (Å²) in [6, 6.07) is 14.8. The predicted octanol–water partition coefficient (Wildman–Crippen LogP) is 3.43. The fourth-order valence-electron chi connectivity index (χ4n) is 3.50. The molecule has 0 atom stereocenters. The molecule has 3 aromatic rings. The molecule has 3 heterocycles. The molecule has 0 radical (unpaired) electrons. The molecule has 4 rings (SSSR count). The second-order valence-electron chi connectivity index (χ2n) is 7.22. The standard InChI is InChI=1S/C22H26N6/c1-17-5-3-7-20(13-17)27-9-11-28(12-10-27)21-14-18(2)25-22(26-21)24-16-19-6-4-8-23-15-19/h3-8,13-15H,9-12,16H2,1-2H3,(H,24,25,26). The predicted molar refractivity (Wildman–Crippen MR) is 114 cm³/mol. The fourth-order valence-corrected chi connectivity index (χ4v) is 3.50. The monoisotopic (exact) mass is 374 g/mol. The Labute approximate surface area is 166 Å². The Balaban J connectivity index is 1.41. The summed E-state index contributed by atoms with van der Waals surface area (Å²) in [6.07, 6.45) is 3.63. The summed E-state index contributed by atoms with van der Waals surface area (Å²) in [4.78, 5) is 18.2. The maximum absolute atomic E-state index is 4.75. The second-order valence-corrected chi connectivity index (χ2v) is 7.22. The van der Waals surface area contributed by atoms with Crippen LogP contribution in [0, 0.1) is 13.8 Å². The van der Waals surface area contributed by atoms with Gasteiger partial charge >= 0.3 is 0 Å². The van der Waals surface area contributed by atoms with Crippen molar-refractivity contribution in [2.45, 2.75) is 20.4 Å². The highest BCUT2D eigenvalue weighted by Crippen LogP contribution is 2.21. The van der Waals surface area contributed by atoms with Crippen LogP contribution in [0.4, 0.5) is 17.5 Å². The molecule has 1 N–H and O–H groups in total. The van der Waals surface area contributed by atoms with Gasteiger partial charge in [-0.3, -0.25) is 4.98 Å². The molecule has 0 aliphatic carbocycles. The van der Waals surface area contributed by atoms with Crippen molar-refractivity contribution in [3.63, 3.8) is 0 Å². The number of aryl methyl sites for hydroxylation is 2. The maximum Gasteiger partial charge on any atom is 0.225 e. The normalized spacial score (nSPS) is 14.2. The highest BCUT2D eigenvalue weighted by atomic mass is 15.3. The lowest BCUT2D eigenvalue weighted by Gasteiger charge is -2.37. The molecule has 0 bridgehead atoms. The summed E-state index contributed by atoms with van der Waals surface area (Å²) < 4.78 is 0. The third-order valence-electron chi connectivity index (χ3n) is 4.98. The third-order valence-corrected chi connectivity index (χ3v) is 4.98. The van der Waals surface area contributed by atoms with Gasteiger partial charge in [0.2, 0.25) is 5.95 Å². The molecule has 144 valence electrons. The Hall–Kier alpha value is -3.15. The van der Waals surface area contributed by atoms with E-state index in [1.807, 2.05) is 25.3 Å². The fraction of sp³-hybridized carbons (Fsp3) is 0.318. The molecule has 0 amide bonds. The SMILES string of the molecule is Cc1cccc(N2CCN(c3cc(C)nc(NCc4cccnc4)n3)CC2)c1.